The van der Waals surface area contributed by atoms with Gasteiger partial charge in [-0.3, -0.25) is 20.1 Å². The van der Waals surface area contributed by atoms with Gasteiger partial charge in [0.05, 0.1) is 44.0 Å². The molecule has 0 unspecified atom stereocenters. The number of fused-ring (bicyclic) bond motifs is 1. The van der Waals surface area contributed by atoms with Gasteiger partial charge in [0, 0.05) is 24.9 Å². The van der Waals surface area contributed by atoms with Crippen molar-refractivity contribution >= 4 is 33.3 Å². The largest absolute Gasteiger partial charge is 0.453 e. The topological polar surface area (TPSA) is 108 Å². The number of carbonyl (C=O) groups is 1. The Hall–Kier alpha value is -4.12. The quantitative estimate of drug-likeness (QED) is 0.170. The molecule has 38 heavy (non-hydrogen) atoms. The van der Waals surface area contributed by atoms with Crippen LogP contribution in [0.2, 0.25) is 0 Å². The molecule has 198 valence electrons. The number of halogens is 1. The molecule has 0 radical (unpaired) electrons. The van der Waals surface area contributed by atoms with E-state index in [0.717, 1.165) is 17.4 Å². The number of nitro benzene ring substituents is 1. The number of rotatable bonds is 8. The van der Waals surface area contributed by atoms with E-state index in [-0.39, 0.29) is 11.4 Å². The highest BCUT2D eigenvalue weighted by Gasteiger charge is 2.22. The second kappa shape index (κ2) is 11.1. The maximum Gasteiger partial charge on any atom is 0.410 e. The second-order valence-corrected chi connectivity index (χ2v) is 10.6. The molecule has 0 aliphatic carbocycles. The number of nitrogens with zero attached hydrogens (tertiary/aromatic N) is 4. The molecular formula is C27H27FN4O5S. The highest BCUT2D eigenvalue weighted by atomic mass is 32.1. The smallest absolute Gasteiger partial charge is 0.410 e. The number of pyridine rings is 2. The maximum absolute atomic E-state index is 14.4. The van der Waals surface area contributed by atoms with Gasteiger partial charge in [-0.2, -0.15) is 0 Å². The molecule has 3 heterocycles. The number of aromatic nitrogens is 2. The van der Waals surface area contributed by atoms with Gasteiger partial charge in [0.2, 0.25) is 0 Å². The third-order valence-electron chi connectivity index (χ3n) is 5.28. The normalized spacial score (nSPS) is 11.4. The van der Waals surface area contributed by atoms with Gasteiger partial charge >= 0.3 is 6.09 Å². The third-order valence-corrected chi connectivity index (χ3v) is 6.44. The van der Waals surface area contributed by atoms with Gasteiger partial charge in [-0.05, 0) is 51.5 Å². The summed E-state index contributed by atoms with van der Waals surface area (Å²) >= 11 is 1.38. The van der Waals surface area contributed by atoms with Crippen molar-refractivity contribution in [3.63, 3.8) is 0 Å². The predicted molar refractivity (Wildman–Crippen MR) is 143 cm³/mol. The molecule has 0 aliphatic heterocycles. The molecule has 1 aromatic carbocycles. The minimum atomic E-state index is -0.836. The van der Waals surface area contributed by atoms with Crippen molar-refractivity contribution in [1.82, 2.24) is 14.9 Å². The molecule has 0 N–H and O–H groups in total. The Morgan fingerprint density at radius 2 is 1.95 bits per heavy atom. The Morgan fingerprint density at radius 3 is 2.63 bits per heavy atom. The van der Waals surface area contributed by atoms with Crippen molar-refractivity contribution in [3.8, 4) is 22.1 Å². The average molecular weight is 539 g/mol. The van der Waals surface area contributed by atoms with Crippen molar-refractivity contribution in [2.75, 3.05) is 6.54 Å². The lowest BCUT2D eigenvalue weighted by Crippen LogP contribution is -2.37. The first-order valence-corrected chi connectivity index (χ1v) is 12.8. The molecule has 0 fully saturated rings. The van der Waals surface area contributed by atoms with Crippen LogP contribution in [0.4, 0.5) is 14.9 Å². The van der Waals surface area contributed by atoms with Crippen LogP contribution in [0.3, 0.4) is 0 Å². The zero-order valence-electron chi connectivity index (χ0n) is 21.4. The van der Waals surface area contributed by atoms with Crippen LogP contribution in [0.1, 0.15) is 39.8 Å². The summed E-state index contributed by atoms with van der Waals surface area (Å²) in [6.07, 6.45) is 1.93. The Morgan fingerprint density at radius 1 is 1.16 bits per heavy atom. The van der Waals surface area contributed by atoms with E-state index >= 15 is 0 Å². The number of nitro groups is 1. The number of ether oxygens (including phenoxy) is 2. The summed E-state index contributed by atoms with van der Waals surface area (Å²) < 4.78 is 26.4. The molecule has 0 atom stereocenters. The van der Waals surface area contributed by atoms with E-state index in [1.165, 1.54) is 23.5 Å². The van der Waals surface area contributed by atoms with Gasteiger partial charge in [0.1, 0.15) is 11.4 Å². The van der Waals surface area contributed by atoms with Crippen LogP contribution in [-0.4, -0.2) is 38.0 Å². The summed E-state index contributed by atoms with van der Waals surface area (Å²) in [6.45, 7) is 8.32. The number of carbonyl (C=O) groups excluding carboxylic acids is 1. The van der Waals surface area contributed by atoms with E-state index < -0.39 is 22.4 Å². The number of amides is 1. The Kier molecular flexibility index (Phi) is 7.86. The van der Waals surface area contributed by atoms with E-state index in [1.54, 1.807) is 17.2 Å². The van der Waals surface area contributed by atoms with E-state index in [1.807, 2.05) is 52.0 Å². The van der Waals surface area contributed by atoms with Crippen LogP contribution in [0.5, 0.6) is 11.5 Å². The molecule has 0 bridgehead atoms. The van der Waals surface area contributed by atoms with Crippen molar-refractivity contribution in [2.24, 2.45) is 0 Å². The van der Waals surface area contributed by atoms with Gasteiger partial charge in [0.25, 0.3) is 5.69 Å². The maximum atomic E-state index is 14.4. The van der Waals surface area contributed by atoms with Gasteiger partial charge in [0.15, 0.2) is 11.6 Å². The number of thiophene rings is 1. The summed E-state index contributed by atoms with van der Waals surface area (Å²) in [4.78, 5) is 34.5. The monoisotopic (exact) mass is 538 g/mol. The van der Waals surface area contributed by atoms with Crippen LogP contribution in [0.25, 0.3) is 20.8 Å². The SMILES string of the molecule is CCCN(Cc1cccc(-c2cc3nccc(Oc4ccc([N+](=O)[O-])cc4F)c3s2)n1)C(=O)OC(C)(C)C. The first-order chi connectivity index (χ1) is 18.0. The highest BCUT2D eigenvalue weighted by Crippen LogP contribution is 2.39. The standard InChI is InChI=1S/C27H27FN4O5S/c1-5-13-31(26(33)37-27(2,3)4)16-17-7-6-8-20(30-17)24-15-21-25(38-24)23(11-12-29-21)36-22-10-9-18(32(34)35)14-19(22)28/h6-12,14-15H,5,13,16H2,1-4H3. The summed E-state index contributed by atoms with van der Waals surface area (Å²) in [7, 11) is 0. The van der Waals surface area contributed by atoms with Crippen LogP contribution in [0.15, 0.2) is 54.7 Å². The predicted octanol–water partition coefficient (Wildman–Crippen LogP) is 7.35. The van der Waals surface area contributed by atoms with Gasteiger partial charge in [-0.15, -0.1) is 11.3 Å². The summed E-state index contributed by atoms with van der Waals surface area (Å²) in [6, 6.07) is 12.3. The van der Waals surface area contributed by atoms with Crippen molar-refractivity contribution in [1.29, 1.82) is 0 Å². The number of benzene rings is 1. The molecule has 1 amide bonds. The van der Waals surface area contributed by atoms with E-state index in [2.05, 4.69) is 4.98 Å². The van der Waals surface area contributed by atoms with Crippen LogP contribution in [0, 0.1) is 15.9 Å². The van der Waals surface area contributed by atoms with Gasteiger partial charge in [-0.1, -0.05) is 13.0 Å². The zero-order chi connectivity index (χ0) is 27.4. The molecule has 4 rings (SSSR count). The van der Waals surface area contributed by atoms with E-state index in [9.17, 15) is 19.3 Å². The summed E-state index contributed by atoms with van der Waals surface area (Å²) in [5, 5.41) is 10.9. The fourth-order valence-electron chi connectivity index (χ4n) is 3.66. The van der Waals surface area contributed by atoms with Gasteiger partial charge in [-0.25, -0.2) is 9.18 Å². The molecular weight excluding hydrogens is 511 g/mol. The zero-order valence-corrected chi connectivity index (χ0v) is 22.3. The number of non-ortho nitro benzene ring substituents is 1. The highest BCUT2D eigenvalue weighted by molar-refractivity contribution is 7.22. The number of hydrogen-bond donors (Lipinski definition) is 0. The molecule has 0 saturated carbocycles. The van der Waals surface area contributed by atoms with Crippen molar-refractivity contribution in [2.45, 2.75) is 46.3 Å². The van der Waals surface area contributed by atoms with E-state index in [4.69, 9.17) is 14.5 Å². The lowest BCUT2D eigenvalue weighted by Gasteiger charge is -2.27. The molecule has 11 heteroatoms. The molecule has 4 aromatic rings. The Bertz CT molecular complexity index is 1480. The van der Waals surface area contributed by atoms with Crippen LogP contribution >= 0.6 is 11.3 Å². The fourth-order valence-corrected chi connectivity index (χ4v) is 4.69. The average Bonchev–Trinajstić information content (AvgIpc) is 3.29. The van der Waals surface area contributed by atoms with Crippen LogP contribution < -0.4 is 4.74 Å². The second-order valence-electron chi connectivity index (χ2n) is 9.52. The molecule has 3 aromatic heterocycles. The minimum absolute atomic E-state index is 0.128. The van der Waals surface area contributed by atoms with Crippen molar-refractivity contribution in [3.05, 3.63) is 76.4 Å². The summed E-state index contributed by atoms with van der Waals surface area (Å²) in [5.74, 6) is -0.595. The van der Waals surface area contributed by atoms with Crippen LogP contribution in [-0.2, 0) is 11.3 Å². The van der Waals surface area contributed by atoms with E-state index in [0.29, 0.717) is 40.4 Å². The first-order valence-electron chi connectivity index (χ1n) is 12.0. The molecule has 0 saturated heterocycles. The molecule has 0 spiro atoms. The fraction of sp³-hybridized carbons (Fsp3) is 0.296. The lowest BCUT2D eigenvalue weighted by molar-refractivity contribution is -0.385. The summed E-state index contributed by atoms with van der Waals surface area (Å²) in [5.41, 5.74) is 1.08. The molecule has 0 aliphatic rings. The lowest BCUT2D eigenvalue weighted by atomic mass is 10.2. The number of hydrogen-bond acceptors (Lipinski definition) is 8. The van der Waals surface area contributed by atoms with Gasteiger partial charge < -0.3 is 14.4 Å². The van der Waals surface area contributed by atoms with Crippen molar-refractivity contribution < 1.29 is 23.6 Å². The minimum Gasteiger partial charge on any atom is -0.453 e. The molecule has 9 nitrogen and oxygen atoms in total. The Balaban J connectivity index is 1.60. The first kappa shape index (κ1) is 26.9. The Labute approximate surface area is 223 Å². The third kappa shape index (κ3) is 6.41.